The van der Waals surface area contributed by atoms with Crippen LogP contribution in [0.4, 0.5) is 17.1 Å². The van der Waals surface area contributed by atoms with E-state index in [2.05, 4.69) is 144 Å². The lowest BCUT2D eigenvalue weighted by atomic mass is 9.70. The number of para-hydroxylation sites is 3. The number of hydrogen-bond acceptors (Lipinski definition) is 2. The maximum Gasteiger partial charge on any atom is 0.136 e. The summed E-state index contributed by atoms with van der Waals surface area (Å²) in [6.07, 6.45) is 0. The zero-order valence-corrected chi connectivity index (χ0v) is 34.1. The summed E-state index contributed by atoms with van der Waals surface area (Å²) in [7, 11) is 0. The lowest BCUT2D eigenvalue weighted by Gasteiger charge is -2.32. The minimum Gasteiger partial charge on any atom is -0.456 e. The summed E-state index contributed by atoms with van der Waals surface area (Å²) in [4.78, 5) is 2.08. The van der Waals surface area contributed by atoms with Gasteiger partial charge in [-0.1, -0.05) is 200 Å². The van der Waals surface area contributed by atoms with Gasteiger partial charge >= 0.3 is 0 Å². The van der Waals surface area contributed by atoms with Crippen molar-refractivity contribution in [2.75, 3.05) is 4.90 Å². The first kappa shape index (κ1) is 31.6. The predicted octanol–water partition coefficient (Wildman–Crippen LogP) is 16.4. The first-order valence-electron chi connectivity index (χ1n) is 23.4. The molecule has 0 unspecified atom stereocenters. The molecule has 0 fully saturated rings. The fraction of sp³-hybridized carbons (Fsp3) is 0.0164. The highest BCUT2D eigenvalue weighted by molar-refractivity contribution is 6.14. The highest BCUT2D eigenvalue weighted by atomic mass is 16.3. The molecule has 0 bridgehead atoms. The second-order valence-electron chi connectivity index (χ2n) is 16.4. The normalized spacial score (nSPS) is 13.8. The highest BCUT2D eigenvalue weighted by Crippen LogP contribution is 2.63. The van der Waals surface area contributed by atoms with Gasteiger partial charge in [0, 0.05) is 27.6 Å². The van der Waals surface area contributed by atoms with Crippen molar-refractivity contribution in [3.8, 4) is 55.6 Å². The van der Waals surface area contributed by atoms with Crippen LogP contribution in [0.1, 0.15) is 27.7 Å². The van der Waals surface area contributed by atoms with Crippen LogP contribution in [0.5, 0.6) is 0 Å². The average molecular weight is 806 g/mol. The maximum absolute atomic E-state index is 10.0. The van der Waals surface area contributed by atoms with Gasteiger partial charge in [-0.15, -0.1) is 0 Å². The third-order valence-corrected chi connectivity index (χ3v) is 13.2. The van der Waals surface area contributed by atoms with Crippen LogP contribution in [0.3, 0.4) is 0 Å². The summed E-state index contributed by atoms with van der Waals surface area (Å²) in [5.74, 6) is 0. The first-order chi connectivity index (χ1) is 32.9. The van der Waals surface area contributed by atoms with Gasteiger partial charge in [-0.3, -0.25) is 0 Å². The van der Waals surface area contributed by atoms with Crippen molar-refractivity contribution in [2.24, 2.45) is 0 Å². The Bertz CT molecular complexity index is 3790. The van der Waals surface area contributed by atoms with E-state index in [4.69, 9.17) is 4.42 Å². The predicted molar refractivity (Wildman–Crippen MR) is 261 cm³/mol. The Morgan fingerprint density at radius 1 is 0.365 bits per heavy atom. The number of rotatable bonds is 6. The van der Waals surface area contributed by atoms with Crippen molar-refractivity contribution in [1.82, 2.24) is 0 Å². The van der Waals surface area contributed by atoms with Crippen LogP contribution in [0.25, 0.3) is 77.6 Å². The minimum atomic E-state index is -0.561. The molecular weight excluding hydrogens is 763 g/mol. The number of anilines is 3. The molecule has 0 aliphatic heterocycles. The Morgan fingerprint density at radius 3 is 1.65 bits per heavy atom. The Balaban J connectivity index is 1.15. The smallest absolute Gasteiger partial charge is 0.136 e. The molecule has 13 rings (SSSR count). The molecule has 2 heteroatoms. The van der Waals surface area contributed by atoms with E-state index in [-0.39, 0.29) is 24.2 Å². The molecule has 11 aromatic rings. The summed E-state index contributed by atoms with van der Waals surface area (Å²) >= 11 is 0. The molecule has 2 aliphatic carbocycles. The molecule has 1 spiro atoms. The summed E-state index contributed by atoms with van der Waals surface area (Å²) in [5.41, 5.74) is 17.2. The SMILES string of the molecule is [2H]c1c([2H])c([2H])c(N(c2ccc3c(c2)-c2ccccc2C32c3ccccc3-c3ccccc32)c2ccccc2-c2ccccc2-c2ccccc2)c(-c2cccc3oc4ccccc4c23)c1[2H]. The zero-order chi connectivity index (χ0) is 45.0. The number of fused-ring (bicyclic) bond motifs is 13. The van der Waals surface area contributed by atoms with Crippen LogP contribution in [0.2, 0.25) is 0 Å². The Morgan fingerprint density at radius 2 is 0.905 bits per heavy atom. The van der Waals surface area contributed by atoms with Crippen LogP contribution < -0.4 is 4.90 Å². The zero-order valence-electron chi connectivity index (χ0n) is 38.1. The largest absolute Gasteiger partial charge is 0.456 e. The summed E-state index contributed by atoms with van der Waals surface area (Å²) in [6.45, 7) is 0. The quantitative estimate of drug-likeness (QED) is 0.166. The second-order valence-corrected chi connectivity index (χ2v) is 16.4. The number of furan rings is 1. The standard InChI is InChI=1S/C61H39NO/c1-2-19-40(20-3-1)42-21-4-5-22-43(42)47-26-9-15-33-56(47)62(57-34-16-10-27-48(57)49-29-18-36-59-60(49)50-28-11-17-35-58(50)63-59)41-37-38-55-51(39-41)46-25-8-14-32-54(46)61(55)52-30-12-6-23-44(52)45-24-7-13-31-53(45)61/h1-39H/i10D,16D,27D,34D. The fourth-order valence-electron chi connectivity index (χ4n) is 10.8. The van der Waals surface area contributed by atoms with E-state index in [1.165, 1.54) is 33.4 Å². The minimum absolute atomic E-state index is 0.134. The van der Waals surface area contributed by atoms with E-state index in [1.807, 2.05) is 72.8 Å². The molecule has 1 aromatic heterocycles. The second kappa shape index (κ2) is 13.9. The van der Waals surface area contributed by atoms with Gasteiger partial charge in [0.05, 0.1) is 22.3 Å². The molecule has 0 radical (unpaired) electrons. The average Bonchev–Trinajstić information content (AvgIpc) is 4.02. The molecule has 1 heterocycles. The molecule has 0 saturated carbocycles. The Labute approximate surface area is 372 Å². The van der Waals surface area contributed by atoms with Crippen LogP contribution >= 0.6 is 0 Å². The number of nitrogens with zero attached hydrogens (tertiary/aromatic N) is 1. The number of hydrogen-bond donors (Lipinski definition) is 0. The van der Waals surface area contributed by atoms with Crippen molar-refractivity contribution in [3.63, 3.8) is 0 Å². The molecule has 0 N–H and O–H groups in total. The van der Waals surface area contributed by atoms with Crippen molar-refractivity contribution < 1.29 is 9.90 Å². The van der Waals surface area contributed by atoms with E-state index in [9.17, 15) is 5.48 Å². The van der Waals surface area contributed by atoms with Crippen LogP contribution in [0, 0.1) is 0 Å². The van der Waals surface area contributed by atoms with Gasteiger partial charge in [-0.05, 0) is 103 Å². The fourth-order valence-corrected chi connectivity index (χ4v) is 10.8. The van der Waals surface area contributed by atoms with Crippen LogP contribution in [0.15, 0.2) is 241 Å². The van der Waals surface area contributed by atoms with Crippen molar-refractivity contribution in [3.05, 3.63) is 259 Å². The van der Waals surface area contributed by atoms with E-state index >= 15 is 0 Å². The summed E-state index contributed by atoms with van der Waals surface area (Å²) in [5, 5.41) is 1.65. The van der Waals surface area contributed by atoms with Crippen molar-refractivity contribution >= 4 is 39.0 Å². The van der Waals surface area contributed by atoms with E-state index in [0.717, 1.165) is 55.5 Å². The molecular formula is C61H39NO. The molecule has 294 valence electrons. The first-order valence-corrected chi connectivity index (χ1v) is 21.4. The van der Waals surface area contributed by atoms with Gasteiger partial charge in [0.15, 0.2) is 0 Å². The highest BCUT2D eigenvalue weighted by Gasteiger charge is 2.51. The van der Waals surface area contributed by atoms with Gasteiger partial charge < -0.3 is 9.32 Å². The molecule has 0 amide bonds. The molecule has 2 nitrogen and oxygen atoms in total. The molecule has 0 atom stereocenters. The topological polar surface area (TPSA) is 16.4 Å². The summed E-state index contributed by atoms with van der Waals surface area (Å²) in [6, 6.07) is 72.6. The van der Waals surface area contributed by atoms with Crippen molar-refractivity contribution in [2.45, 2.75) is 5.41 Å². The lowest BCUT2D eigenvalue weighted by Crippen LogP contribution is -2.25. The monoisotopic (exact) mass is 805 g/mol. The molecule has 10 aromatic carbocycles. The van der Waals surface area contributed by atoms with E-state index in [0.29, 0.717) is 28.0 Å². The molecule has 0 saturated heterocycles. The van der Waals surface area contributed by atoms with E-state index in [1.54, 1.807) is 0 Å². The maximum atomic E-state index is 10.0. The third kappa shape index (κ3) is 5.13. The van der Waals surface area contributed by atoms with Crippen LogP contribution in [-0.4, -0.2) is 0 Å². The third-order valence-electron chi connectivity index (χ3n) is 13.2. The van der Waals surface area contributed by atoms with Gasteiger partial charge in [0.25, 0.3) is 0 Å². The van der Waals surface area contributed by atoms with Gasteiger partial charge in [0.1, 0.15) is 11.2 Å². The Hall–Kier alpha value is -8.20. The number of benzene rings is 10. The van der Waals surface area contributed by atoms with Gasteiger partial charge in [-0.25, -0.2) is 0 Å². The van der Waals surface area contributed by atoms with Crippen molar-refractivity contribution in [1.29, 1.82) is 0 Å². The van der Waals surface area contributed by atoms with Gasteiger partial charge in [-0.2, -0.15) is 0 Å². The molecule has 63 heavy (non-hydrogen) atoms. The van der Waals surface area contributed by atoms with Crippen LogP contribution in [-0.2, 0) is 5.41 Å². The van der Waals surface area contributed by atoms with Gasteiger partial charge in [0.2, 0.25) is 0 Å². The van der Waals surface area contributed by atoms with E-state index < -0.39 is 5.41 Å². The molecule has 2 aliphatic rings. The Kier molecular flexibility index (Phi) is 6.99. The summed E-state index contributed by atoms with van der Waals surface area (Å²) < 4.78 is 44.9. The lowest BCUT2D eigenvalue weighted by molar-refractivity contribution is 0.669.